The predicted molar refractivity (Wildman–Crippen MR) is 106 cm³/mol. The zero-order chi connectivity index (χ0) is 19.1. The molecule has 0 aliphatic heterocycles. The molecule has 0 saturated heterocycles. The van der Waals surface area contributed by atoms with E-state index >= 15 is 0 Å². The molecule has 1 saturated carbocycles. The van der Waals surface area contributed by atoms with Crippen LogP contribution in [0.5, 0.6) is 0 Å². The van der Waals surface area contributed by atoms with Crippen LogP contribution in [-0.4, -0.2) is 29.5 Å². The van der Waals surface area contributed by atoms with Crippen LogP contribution in [-0.2, 0) is 7.05 Å². The SMILES string of the molecule is Cc1cc(Nc2cc(C3CCCCC3)nc3c(-c4cnn(C)c4)cnn23)no1. The molecule has 4 aromatic heterocycles. The van der Waals surface area contributed by atoms with Gasteiger partial charge in [0.15, 0.2) is 11.5 Å². The number of hydrogen-bond acceptors (Lipinski definition) is 6. The second kappa shape index (κ2) is 6.78. The average Bonchev–Trinajstić information content (AvgIpc) is 3.42. The van der Waals surface area contributed by atoms with Gasteiger partial charge in [0, 0.05) is 48.1 Å². The van der Waals surface area contributed by atoms with Crippen LogP contribution in [0, 0.1) is 6.92 Å². The lowest BCUT2D eigenvalue weighted by molar-refractivity contribution is 0.400. The van der Waals surface area contributed by atoms with E-state index in [1.807, 2.05) is 43.1 Å². The first-order valence-electron chi connectivity index (χ1n) is 9.75. The minimum absolute atomic E-state index is 0.481. The number of nitrogens with one attached hydrogen (secondary N) is 1. The van der Waals surface area contributed by atoms with E-state index in [1.165, 1.54) is 32.1 Å². The molecule has 1 N–H and O–H groups in total. The van der Waals surface area contributed by atoms with Crippen molar-refractivity contribution in [3.63, 3.8) is 0 Å². The highest BCUT2D eigenvalue weighted by Crippen LogP contribution is 2.35. The van der Waals surface area contributed by atoms with Crippen molar-refractivity contribution in [3.8, 4) is 11.1 Å². The normalized spacial score (nSPS) is 15.4. The first kappa shape index (κ1) is 17.0. The third-order valence-electron chi connectivity index (χ3n) is 5.42. The Morgan fingerprint density at radius 2 is 1.96 bits per heavy atom. The van der Waals surface area contributed by atoms with E-state index in [4.69, 9.17) is 9.51 Å². The van der Waals surface area contributed by atoms with Gasteiger partial charge in [-0.05, 0) is 19.8 Å². The third kappa shape index (κ3) is 3.04. The molecule has 0 amide bonds. The maximum absolute atomic E-state index is 5.20. The van der Waals surface area contributed by atoms with Gasteiger partial charge in [-0.15, -0.1) is 0 Å². The number of rotatable bonds is 4. The molecular formula is C20H23N7O. The minimum Gasteiger partial charge on any atom is -0.360 e. The van der Waals surface area contributed by atoms with Crippen molar-refractivity contribution in [1.82, 2.24) is 29.5 Å². The quantitative estimate of drug-likeness (QED) is 0.573. The fourth-order valence-electron chi connectivity index (χ4n) is 4.00. The van der Waals surface area contributed by atoms with Crippen LogP contribution < -0.4 is 5.32 Å². The Morgan fingerprint density at radius 3 is 2.68 bits per heavy atom. The van der Waals surface area contributed by atoms with E-state index in [9.17, 15) is 0 Å². The van der Waals surface area contributed by atoms with Crippen molar-refractivity contribution in [2.24, 2.45) is 7.05 Å². The number of hydrogen-bond donors (Lipinski definition) is 1. The molecular weight excluding hydrogens is 354 g/mol. The summed E-state index contributed by atoms with van der Waals surface area (Å²) in [5.41, 5.74) is 3.93. The van der Waals surface area contributed by atoms with E-state index in [2.05, 4.69) is 26.7 Å². The summed E-state index contributed by atoms with van der Waals surface area (Å²) >= 11 is 0. The maximum Gasteiger partial charge on any atom is 0.175 e. The van der Waals surface area contributed by atoms with Crippen molar-refractivity contribution >= 4 is 17.3 Å². The van der Waals surface area contributed by atoms with Crippen molar-refractivity contribution in [2.45, 2.75) is 44.9 Å². The summed E-state index contributed by atoms with van der Waals surface area (Å²) < 4.78 is 8.83. The second-order valence-electron chi connectivity index (χ2n) is 7.55. The maximum atomic E-state index is 5.20. The molecule has 0 radical (unpaired) electrons. The Labute approximate surface area is 162 Å². The molecule has 28 heavy (non-hydrogen) atoms. The molecule has 0 bridgehead atoms. The average molecular weight is 377 g/mol. The number of nitrogens with zero attached hydrogens (tertiary/aromatic N) is 6. The van der Waals surface area contributed by atoms with Crippen LogP contribution in [0.1, 0.15) is 49.5 Å². The Morgan fingerprint density at radius 1 is 1.11 bits per heavy atom. The van der Waals surface area contributed by atoms with Crippen LogP contribution in [0.3, 0.4) is 0 Å². The number of aryl methyl sites for hydroxylation is 2. The van der Waals surface area contributed by atoms with Crippen molar-refractivity contribution < 1.29 is 4.52 Å². The summed E-state index contributed by atoms with van der Waals surface area (Å²) in [6.45, 7) is 1.88. The van der Waals surface area contributed by atoms with Gasteiger partial charge in [0.05, 0.1) is 12.4 Å². The fourth-order valence-corrected chi connectivity index (χ4v) is 4.00. The Hall–Kier alpha value is -3.16. The molecule has 1 fully saturated rings. The van der Waals surface area contributed by atoms with Crippen molar-refractivity contribution in [3.05, 3.63) is 42.2 Å². The molecule has 0 unspecified atom stereocenters. The molecule has 8 nitrogen and oxygen atoms in total. The first-order chi connectivity index (χ1) is 13.7. The molecule has 4 heterocycles. The molecule has 1 aliphatic rings. The predicted octanol–water partition coefficient (Wildman–Crippen LogP) is 4.22. The Balaban J connectivity index is 1.64. The Bertz CT molecular complexity index is 1120. The number of fused-ring (bicyclic) bond motifs is 1. The van der Waals surface area contributed by atoms with Gasteiger partial charge in [-0.3, -0.25) is 4.68 Å². The van der Waals surface area contributed by atoms with Crippen LogP contribution in [0.15, 0.2) is 35.2 Å². The van der Waals surface area contributed by atoms with E-state index in [-0.39, 0.29) is 0 Å². The molecule has 144 valence electrons. The zero-order valence-corrected chi connectivity index (χ0v) is 16.1. The smallest absolute Gasteiger partial charge is 0.175 e. The highest BCUT2D eigenvalue weighted by Gasteiger charge is 2.21. The van der Waals surface area contributed by atoms with Gasteiger partial charge >= 0.3 is 0 Å². The van der Waals surface area contributed by atoms with E-state index in [0.717, 1.165) is 34.0 Å². The van der Waals surface area contributed by atoms with Gasteiger partial charge < -0.3 is 9.84 Å². The summed E-state index contributed by atoms with van der Waals surface area (Å²) in [7, 11) is 1.91. The van der Waals surface area contributed by atoms with Crippen molar-refractivity contribution in [1.29, 1.82) is 0 Å². The monoisotopic (exact) mass is 377 g/mol. The first-order valence-corrected chi connectivity index (χ1v) is 9.75. The topological polar surface area (TPSA) is 86.1 Å². The zero-order valence-electron chi connectivity index (χ0n) is 16.1. The van der Waals surface area contributed by atoms with Gasteiger partial charge in [0.1, 0.15) is 11.6 Å². The number of anilines is 2. The second-order valence-corrected chi connectivity index (χ2v) is 7.55. The number of aromatic nitrogens is 6. The fraction of sp³-hybridized carbons (Fsp3) is 0.400. The third-order valence-corrected chi connectivity index (χ3v) is 5.42. The van der Waals surface area contributed by atoms with Crippen LogP contribution in [0.2, 0.25) is 0 Å². The van der Waals surface area contributed by atoms with Crippen molar-refractivity contribution in [2.75, 3.05) is 5.32 Å². The van der Waals surface area contributed by atoms with Gasteiger partial charge in [0.25, 0.3) is 0 Å². The van der Waals surface area contributed by atoms with Gasteiger partial charge in [-0.1, -0.05) is 24.4 Å². The molecule has 4 aromatic rings. The molecule has 8 heteroatoms. The Kier molecular flexibility index (Phi) is 4.11. The van der Waals surface area contributed by atoms with E-state index in [0.29, 0.717) is 11.7 Å². The standard InChI is InChI=1S/C20H23N7O/c1-13-8-18(25-28-13)24-19-9-17(14-6-4-3-5-7-14)23-20-16(11-22-27(19)20)15-10-21-26(2)12-15/h8-12,14H,3-7H2,1-2H3,(H,24,25). The largest absolute Gasteiger partial charge is 0.360 e. The molecule has 5 rings (SSSR count). The summed E-state index contributed by atoms with van der Waals surface area (Å²) in [5, 5.41) is 16.3. The lowest BCUT2D eigenvalue weighted by Crippen LogP contribution is -2.10. The van der Waals surface area contributed by atoms with E-state index in [1.54, 1.807) is 4.68 Å². The van der Waals surface area contributed by atoms with Gasteiger partial charge in [-0.2, -0.15) is 14.7 Å². The summed E-state index contributed by atoms with van der Waals surface area (Å²) in [6, 6.07) is 3.98. The summed E-state index contributed by atoms with van der Waals surface area (Å²) in [6.07, 6.45) is 11.9. The highest BCUT2D eigenvalue weighted by molar-refractivity contribution is 5.78. The minimum atomic E-state index is 0.481. The van der Waals surface area contributed by atoms with Gasteiger partial charge in [0.2, 0.25) is 0 Å². The molecule has 0 spiro atoms. The summed E-state index contributed by atoms with van der Waals surface area (Å²) in [5.74, 6) is 2.75. The lowest BCUT2D eigenvalue weighted by atomic mass is 9.87. The van der Waals surface area contributed by atoms with Crippen LogP contribution in [0.25, 0.3) is 16.8 Å². The lowest BCUT2D eigenvalue weighted by Gasteiger charge is -2.22. The summed E-state index contributed by atoms with van der Waals surface area (Å²) in [4.78, 5) is 5.03. The highest BCUT2D eigenvalue weighted by atomic mass is 16.5. The van der Waals surface area contributed by atoms with E-state index < -0.39 is 0 Å². The van der Waals surface area contributed by atoms with Gasteiger partial charge in [-0.25, -0.2) is 4.98 Å². The van der Waals surface area contributed by atoms with Crippen LogP contribution >= 0.6 is 0 Å². The molecule has 0 aromatic carbocycles. The molecule has 0 atom stereocenters. The molecule has 1 aliphatic carbocycles. The van der Waals surface area contributed by atoms with Crippen LogP contribution in [0.4, 0.5) is 11.6 Å².